The highest BCUT2D eigenvalue weighted by atomic mass is 16.1. The molecular formula is C14H23N5O. The third-order valence-corrected chi connectivity index (χ3v) is 4.15. The highest BCUT2D eigenvalue weighted by Gasteiger charge is 2.33. The molecule has 0 aliphatic carbocycles. The fourth-order valence-corrected chi connectivity index (χ4v) is 2.82. The Hall–Kier alpha value is -1.40. The van der Waals surface area contributed by atoms with E-state index in [4.69, 9.17) is 0 Å². The van der Waals surface area contributed by atoms with Crippen molar-refractivity contribution < 1.29 is 0 Å². The van der Waals surface area contributed by atoms with Gasteiger partial charge in [0.2, 0.25) is 0 Å². The molecule has 0 aromatic carbocycles. The summed E-state index contributed by atoms with van der Waals surface area (Å²) < 4.78 is 0. The first-order valence-corrected chi connectivity index (χ1v) is 7.44. The summed E-state index contributed by atoms with van der Waals surface area (Å²) in [4.78, 5) is 23.8. The number of nitrogens with one attached hydrogen (secondary N) is 2. The summed E-state index contributed by atoms with van der Waals surface area (Å²) in [5, 5.41) is 3.37. The summed E-state index contributed by atoms with van der Waals surface area (Å²) >= 11 is 0. The minimum atomic E-state index is -0.0516. The number of aromatic nitrogens is 2. The van der Waals surface area contributed by atoms with E-state index >= 15 is 0 Å². The Bertz CT molecular complexity index is 515. The van der Waals surface area contributed by atoms with Gasteiger partial charge in [-0.2, -0.15) is 0 Å². The first kappa shape index (κ1) is 13.6. The molecule has 2 aliphatic rings. The molecule has 0 amide bonds. The predicted octanol–water partition coefficient (Wildman–Crippen LogP) is -0.0129. The molecule has 0 saturated carbocycles. The van der Waals surface area contributed by atoms with Crippen LogP contribution in [0.5, 0.6) is 0 Å². The van der Waals surface area contributed by atoms with Crippen LogP contribution in [0, 0.1) is 0 Å². The molecule has 6 heteroatoms. The van der Waals surface area contributed by atoms with Crippen LogP contribution in [-0.4, -0.2) is 60.2 Å². The molecule has 0 bridgehead atoms. The molecule has 0 radical (unpaired) electrons. The number of nitrogens with zero attached hydrogens (tertiary/aromatic N) is 3. The van der Waals surface area contributed by atoms with Gasteiger partial charge in [-0.05, 0) is 0 Å². The Kier molecular flexibility index (Phi) is 3.76. The molecule has 20 heavy (non-hydrogen) atoms. The second-order valence-corrected chi connectivity index (χ2v) is 5.99. The number of hydrogen-bond acceptors (Lipinski definition) is 5. The molecule has 110 valence electrons. The van der Waals surface area contributed by atoms with Crippen molar-refractivity contribution in [1.29, 1.82) is 0 Å². The highest BCUT2D eigenvalue weighted by Crippen LogP contribution is 2.22. The van der Waals surface area contributed by atoms with Crippen LogP contribution in [-0.2, 0) is 0 Å². The molecule has 0 spiro atoms. The molecule has 0 atom stereocenters. The van der Waals surface area contributed by atoms with E-state index in [1.54, 1.807) is 6.07 Å². The minimum Gasteiger partial charge on any atom is -0.353 e. The van der Waals surface area contributed by atoms with Gasteiger partial charge in [0.1, 0.15) is 11.6 Å². The second-order valence-electron chi connectivity index (χ2n) is 5.99. The molecule has 3 rings (SSSR count). The summed E-state index contributed by atoms with van der Waals surface area (Å²) in [6.07, 6.45) is 0. The number of hydrogen-bond donors (Lipinski definition) is 2. The van der Waals surface area contributed by atoms with E-state index in [0.29, 0.717) is 6.04 Å². The van der Waals surface area contributed by atoms with Crippen molar-refractivity contribution in [2.24, 2.45) is 0 Å². The molecule has 6 nitrogen and oxygen atoms in total. The largest absolute Gasteiger partial charge is 0.353 e. The van der Waals surface area contributed by atoms with E-state index in [1.165, 1.54) is 0 Å². The third kappa shape index (κ3) is 2.71. The highest BCUT2D eigenvalue weighted by molar-refractivity contribution is 5.42. The summed E-state index contributed by atoms with van der Waals surface area (Å²) in [5.41, 5.74) is -0.0516. The lowest BCUT2D eigenvalue weighted by molar-refractivity contribution is 0.147. The quantitative estimate of drug-likeness (QED) is 0.813. The molecule has 1 aromatic rings. The number of rotatable bonds is 3. The normalized spacial score (nSPS) is 21.2. The van der Waals surface area contributed by atoms with Crippen molar-refractivity contribution in [3.63, 3.8) is 0 Å². The Labute approximate surface area is 119 Å². The number of aromatic amines is 1. The van der Waals surface area contributed by atoms with Crippen molar-refractivity contribution in [3.05, 3.63) is 22.2 Å². The van der Waals surface area contributed by atoms with E-state index < -0.39 is 0 Å². The maximum absolute atomic E-state index is 11.7. The molecule has 1 aromatic heterocycles. The van der Waals surface area contributed by atoms with Crippen LogP contribution in [0.25, 0.3) is 0 Å². The number of anilines is 1. The molecule has 2 saturated heterocycles. The first-order chi connectivity index (χ1) is 9.63. The molecule has 0 unspecified atom stereocenters. The predicted molar refractivity (Wildman–Crippen MR) is 79.4 cm³/mol. The zero-order valence-corrected chi connectivity index (χ0v) is 12.2. The lowest BCUT2D eigenvalue weighted by Crippen LogP contribution is -2.63. The van der Waals surface area contributed by atoms with Gasteiger partial charge in [-0.25, -0.2) is 4.98 Å². The Morgan fingerprint density at radius 1 is 1.30 bits per heavy atom. The summed E-state index contributed by atoms with van der Waals surface area (Å²) in [6, 6.07) is 2.22. The van der Waals surface area contributed by atoms with E-state index in [-0.39, 0.29) is 11.5 Å². The van der Waals surface area contributed by atoms with Crippen molar-refractivity contribution in [3.8, 4) is 0 Å². The van der Waals surface area contributed by atoms with E-state index in [2.05, 4.69) is 25.1 Å². The van der Waals surface area contributed by atoms with Crippen LogP contribution in [0.15, 0.2) is 10.9 Å². The lowest BCUT2D eigenvalue weighted by Gasteiger charge is -2.47. The summed E-state index contributed by atoms with van der Waals surface area (Å²) in [6.45, 7) is 10.5. The van der Waals surface area contributed by atoms with Crippen molar-refractivity contribution >= 4 is 5.82 Å². The average Bonchev–Trinajstić information content (AvgIpc) is 2.37. The fraction of sp³-hybridized carbons (Fsp3) is 0.714. The zero-order chi connectivity index (χ0) is 14.1. The van der Waals surface area contributed by atoms with Gasteiger partial charge in [-0.3, -0.25) is 9.69 Å². The van der Waals surface area contributed by atoms with Crippen molar-refractivity contribution in [2.45, 2.75) is 25.8 Å². The summed E-state index contributed by atoms with van der Waals surface area (Å²) in [5.74, 6) is 1.84. The van der Waals surface area contributed by atoms with Gasteiger partial charge in [0, 0.05) is 57.3 Å². The van der Waals surface area contributed by atoms with Crippen LogP contribution >= 0.6 is 0 Å². The van der Waals surface area contributed by atoms with Gasteiger partial charge in [0.25, 0.3) is 5.56 Å². The fourth-order valence-electron chi connectivity index (χ4n) is 2.82. The zero-order valence-electron chi connectivity index (χ0n) is 12.2. The van der Waals surface area contributed by atoms with Crippen molar-refractivity contribution in [2.75, 3.05) is 44.2 Å². The van der Waals surface area contributed by atoms with Gasteiger partial charge >= 0.3 is 0 Å². The Morgan fingerprint density at radius 2 is 2.00 bits per heavy atom. The van der Waals surface area contributed by atoms with Crippen LogP contribution in [0.2, 0.25) is 0 Å². The van der Waals surface area contributed by atoms with E-state index in [9.17, 15) is 4.79 Å². The first-order valence-electron chi connectivity index (χ1n) is 7.44. The molecular weight excluding hydrogens is 254 g/mol. The third-order valence-electron chi connectivity index (χ3n) is 4.15. The van der Waals surface area contributed by atoms with Gasteiger partial charge in [-0.15, -0.1) is 0 Å². The molecule has 3 heterocycles. The summed E-state index contributed by atoms with van der Waals surface area (Å²) in [7, 11) is 0. The Morgan fingerprint density at radius 3 is 2.65 bits per heavy atom. The molecule has 2 N–H and O–H groups in total. The molecule has 2 fully saturated rings. The van der Waals surface area contributed by atoms with E-state index in [1.807, 2.05) is 13.8 Å². The van der Waals surface area contributed by atoms with Gasteiger partial charge < -0.3 is 15.2 Å². The van der Waals surface area contributed by atoms with E-state index in [0.717, 1.165) is 50.9 Å². The number of piperazine rings is 1. The lowest BCUT2D eigenvalue weighted by atomic mass is 10.1. The second kappa shape index (κ2) is 5.54. The minimum absolute atomic E-state index is 0.0516. The van der Waals surface area contributed by atoms with Crippen LogP contribution in [0.1, 0.15) is 25.6 Å². The van der Waals surface area contributed by atoms with Crippen LogP contribution in [0.3, 0.4) is 0 Å². The number of H-pyrrole nitrogens is 1. The van der Waals surface area contributed by atoms with Crippen LogP contribution < -0.4 is 15.8 Å². The van der Waals surface area contributed by atoms with Gasteiger partial charge in [0.05, 0.1) is 0 Å². The SMILES string of the molecule is CC(C)c1nc(N2CC(N3CCNCC3)C2)cc(=O)[nH]1. The Balaban J connectivity index is 1.65. The van der Waals surface area contributed by atoms with Gasteiger partial charge in [0.15, 0.2) is 0 Å². The topological polar surface area (TPSA) is 64.3 Å². The van der Waals surface area contributed by atoms with Crippen LogP contribution in [0.4, 0.5) is 5.82 Å². The maximum atomic E-state index is 11.7. The monoisotopic (exact) mass is 277 g/mol. The molecule has 2 aliphatic heterocycles. The van der Waals surface area contributed by atoms with Gasteiger partial charge in [-0.1, -0.05) is 13.8 Å². The maximum Gasteiger partial charge on any atom is 0.252 e. The average molecular weight is 277 g/mol. The van der Waals surface area contributed by atoms with Crippen molar-refractivity contribution in [1.82, 2.24) is 20.2 Å². The smallest absolute Gasteiger partial charge is 0.252 e. The standard InChI is InChI=1S/C14H23N5O/c1-10(2)14-16-12(7-13(20)17-14)19-8-11(9-19)18-5-3-15-4-6-18/h7,10-11,15H,3-6,8-9H2,1-2H3,(H,16,17,20).